The molecule has 1 amide bonds. The van der Waals surface area contributed by atoms with Crippen molar-refractivity contribution in [3.05, 3.63) is 124 Å². The van der Waals surface area contributed by atoms with Crippen molar-refractivity contribution in [2.24, 2.45) is 4.99 Å². The second-order valence-electron chi connectivity index (χ2n) is 9.89. The number of rotatable bonds is 12. The van der Waals surface area contributed by atoms with Crippen molar-refractivity contribution in [3.63, 3.8) is 0 Å². The smallest absolute Gasteiger partial charge is 0.266 e. The fourth-order valence-corrected chi connectivity index (χ4v) is 5.51. The number of aliphatic hydroxyl groups excluding tert-OH is 1. The number of hydrazine groups is 1. The van der Waals surface area contributed by atoms with Gasteiger partial charge in [0.05, 0.1) is 6.61 Å². The summed E-state index contributed by atoms with van der Waals surface area (Å²) in [4.78, 5) is 18.9. The number of amides is 1. The molecule has 0 radical (unpaired) electrons. The second-order valence-corrected chi connectivity index (χ2v) is 10.7. The molecule has 0 fully saturated rings. The van der Waals surface area contributed by atoms with Gasteiger partial charge in [-0.05, 0) is 52.7 Å². The van der Waals surface area contributed by atoms with E-state index in [0.717, 1.165) is 16.3 Å². The Labute approximate surface area is 254 Å². The summed E-state index contributed by atoms with van der Waals surface area (Å²) in [5.41, 5.74) is 6.84. The Morgan fingerprint density at radius 2 is 1.86 bits per heavy atom. The van der Waals surface area contributed by atoms with Crippen LogP contribution in [0.1, 0.15) is 35.6 Å². The summed E-state index contributed by atoms with van der Waals surface area (Å²) in [6.45, 7) is 4.77. The lowest BCUT2D eigenvalue weighted by molar-refractivity contribution is -0.129. The molecule has 0 spiro atoms. The van der Waals surface area contributed by atoms with Crippen LogP contribution < -0.4 is 15.6 Å². The SMILES string of the molecule is C=CC[C@]1(C(=O)NNCc2cccc3ccccc23)N=C(c2ccc(OCCCO)cc2)O[C@H]1c1ccc(Cl)cc1Cl. The number of carbonyl (C=O) groups is 1. The molecule has 0 bridgehead atoms. The highest BCUT2D eigenvalue weighted by atomic mass is 35.5. The van der Waals surface area contributed by atoms with E-state index >= 15 is 0 Å². The average Bonchev–Trinajstić information content (AvgIpc) is 3.38. The molecule has 42 heavy (non-hydrogen) atoms. The normalized spacial score (nSPS) is 17.9. The fraction of sp³-hybridized carbons (Fsp3) is 0.212. The molecule has 4 aromatic rings. The molecule has 1 aliphatic heterocycles. The number of carbonyl (C=O) groups excluding carboxylic acids is 1. The molecule has 216 valence electrons. The Bertz CT molecular complexity index is 1600. The lowest BCUT2D eigenvalue weighted by Crippen LogP contribution is -2.52. The van der Waals surface area contributed by atoms with E-state index in [2.05, 4.69) is 35.6 Å². The molecule has 0 saturated carbocycles. The van der Waals surface area contributed by atoms with Crippen LogP contribution >= 0.6 is 23.2 Å². The minimum Gasteiger partial charge on any atom is -0.494 e. The molecular weight excluding hydrogens is 573 g/mol. The van der Waals surface area contributed by atoms with Gasteiger partial charge in [0.15, 0.2) is 11.6 Å². The zero-order valence-corrected chi connectivity index (χ0v) is 24.4. The first-order chi connectivity index (χ1) is 20.4. The number of nitrogens with one attached hydrogen (secondary N) is 2. The average molecular weight is 605 g/mol. The van der Waals surface area contributed by atoms with E-state index in [1.807, 2.05) is 36.4 Å². The summed E-state index contributed by atoms with van der Waals surface area (Å²) in [6, 6.07) is 26.4. The first-order valence-corrected chi connectivity index (χ1v) is 14.4. The first kappa shape index (κ1) is 29.6. The molecule has 2 atom stereocenters. The fourth-order valence-electron chi connectivity index (χ4n) is 5.00. The lowest BCUT2D eigenvalue weighted by atomic mass is 9.84. The minimum absolute atomic E-state index is 0.0572. The summed E-state index contributed by atoms with van der Waals surface area (Å²) in [6.07, 6.45) is 1.52. The van der Waals surface area contributed by atoms with E-state index in [1.165, 1.54) is 0 Å². The van der Waals surface area contributed by atoms with E-state index in [9.17, 15) is 4.79 Å². The molecule has 1 heterocycles. The van der Waals surface area contributed by atoms with Crippen molar-refractivity contribution >= 4 is 45.8 Å². The van der Waals surface area contributed by atoms with E-state index < -0.39 is 17.6 Å². The van der Waals surface area contributed by atoms with Crippen LogP contribution in [0.4, 0.5) is 0 Å². The topological polar surface area (TPSA) is 92.2 Å². The van der Waals surface area contributed by atoms with Crippen LogP contribution in [0.25, 0.3) is 10.8 Å². The first-order valence-electron chi connectivity index (χ1n) is 13.6. The summed E-state index contributed by atoms with van der Waals surface area (Å²) in [5, 5.41) is 12.1. The monoisotopic (exact) mass is 603 g/mol. The Kier molecular flexibility index (Phi) is 9.45. The summed E-state index contributed by atoms with van der Waals surface area (Å²) in [7, 11) is 0. The zero-order chi connectivity index (χ0) is 29.5. The van der Waals surface area contributed by atoms with E-state index in [4.69, 9.17) is 42.8 Å². The molecule has 0 aromatic heterocycles. The van der Waals surface area contributed by atoms with Crippen LogP contribution in [0.2, 0.25) is 10.0 Å². The molecule has 0 saturated heterocycles. The Morgan fingerprint density at radius 3 is 2.62 bits per heavy atom. The maximum Gasteiger partial charge on any atom is 0.266 e. The maximum absolute atomic E-state index is 14.0. The largest absolute Gasteiger partial charge is 0.494 e. The van der Waals surface area contributed by atoms with Gasteiger partial charge in [-0.3, -0.25) is 10.2 Å². The second kappa shape index (κ2) is 13.4. The summed E-state index contributed by atoms with van der Waals surface area (Å²) >= 11 is 12.8. The van der Waals surface area contributed by atoms with Crippen LogP contribution in [0.15, 0.2) is 103 Å². The predicted molar refractivity (Wildman–Crippen MR) is 167 cm³/mol. The quantitative estimate of drug-likeness (QED) is 0.0968. The number of hydrogen-bond donors (Lipinski definition) is 3. The number of fused-ring (bicyclic) bond motifs is 1. The molecule has 7 nitrogen and oxygen atoms in total. The number of ether oxygens (including phenoxy) is 2. The standard InChI is InChI=1S/C33H31Cl2N3O4/c1-2-17-33(32(40)38-36-21-24-9-5-8-22-7-3-4-10-27(22)24)30(28-16-13-25(34)20-29(28)35)42-31(37-33)23-11-14-26(15-12-23)41-19-6-18-39/h2-5,7-16,20,30,36,39H,1,6,17-19,21H2,(H,38,40)/t30-,33-/m0/s1. The molecule has 3 N–H and O–H groups in total. The van der Waals surface area contributed by atoms with Crippen LogP contribution in [-0.4, -0.2) is 35.7 Å². The highest BCUT2D eigenvalue weighted by Gasteiger charge is 2.53. The van der Waals surface area contributed by atoms with Crippen molar-refractivity contribution in [1.82, 2.24) is 10.9 Å². The highest BCUT2D eigenvalue weighted by Crippen LogP contribution is 2.45. The number of hydrogen-bond acceptors (Lipinski definition) is 6. The van der Waals surface area contributed by atoms with E-state index in [1.54, 1.807) is 36.4 Å². The van der Waals surface area contributed by atoms with Gasteiger partial charge in [-0.2, -0.15) is 0 Å². The number of aliphatic imine (C=N–C) groups is 1. The van der Waals surface area contributed by atoms with Gasteiger partial charge in [0, 0.05) is 47.2 Å². The van der Waals surface area contributed by atoms with E-state index in [-0.39, 0.29) is 13.0 Å². The van der Waals surface area contributed by atoms with Crippen LogP contribution in [0.3, 0.4) is 0 Å². The predicted octanol–water partition coefficient (Wildman–Crippen LogP) is 6.56. The van der Waals surface area contributed by atoms with Crippen LogP contribution in [0.5, 0.6) is 5.75 Å². The number of benzene rings is 4. The van der Waals surface area contributed by atoms with Crippen molar-refractivity contribution in [2.75, 3.05) is 13.2 Å². The number of halogens is 2. The van der Waals surface area contributed by atoms with Crippen molar-refractivity contribution in [2.45, 2.75) is 31.0 Å². The van der Waals surface area contributed by atoms with Gasteiger partial charge in [0.1, 0.15) is 5.75 Å². The molecule has 0 unspecified atom stereocenters. The van der Waals surface area contributed by atoms with Crippen LogP contribution in [-0.2, 0) is 16.1 Å². The maximum atomic E-state index is 14.0. The van der Waals surface area contributed by atoms with Gasteiger partial charge in [0.25, 0.3) is 5.91 Å². The van der Waals surface area contributed by atoms with Gasteiger partial charge in [-0.15, -0.1) is 6.58 Å². The number of aliphatic hydroxyl groups is 1. The molecule has 9 heteroatoms. The summed E-state index contributed by atoms with van der Waals surface area (Å²) in [5.74, 6) is 0.549. The molecular formula is C33H31Cl2N3O4. The highest BCUT2D eigenvalue weighted by molar-refractivity contribution is 6.35. The van der Waals surface area contributed by atoms with Crippen molar-refractivity contribution < 1.29 is 19.4 Å². The van der Waals surface area contributed by atoms with Gasteiger partial charge in [0.2, 0.25) is 5.90 Å². The minimum atomic E-state index is -1.41. The Hall–Kier alpha value is -3.88. The van der Waals surface area contributed by atoms with Gasteiger partial charge >= 0.3 is 0 Å². The van der Waals surface area contributed by atoms with Gasteiger partial charge in [-0.25, -0.2) is 10.4 Å². The summed E-state index contributed by atoms with van der Waals surface area (Å²) < 4.78 is 12.1. The van der Waals surface area contributed by atoms with Crippen molar-refractivity contribution in [3.8, 4) is 5.75 Å². The number of nitrogens with zero attached hydrogens (tertiary/aromatic N) is 1. The zero-order valence-electron chi connectivity index (χ0n) is 22.9. The molecule has 0 aliphatic carbocycles. The van der Waals surface area contributed by atoms with Crippen molar-refractivity contribution in [1.29, 1.82) is 0 Å². The molecule has 4 aromatic carbocycles. The van der Waals surface area contributed by atoms with Gasteiger partial charge in [-0.1, -0.05) is 77.8 Å². The lowest BCUT2D eigenvalue weighted by Gasteiger charge is -2.30. The molecule has 5 rings (SSSR count). The van der Waals surface area contributed by atoms with E-state index in [0.29, 0.717) is 52.4 Å². The third-order valence-corrected chi connectivity index (χ3v) is 7.65. The Morgan fingerprint density at radius 1 is 1.07 bits per heavy atom. The Balaban J connectivity index is 1.44. The van der Waals surface area contributed by atoms with Crippen LogP contribution in [0, 0.1) is 0 Å². The molecule has 1 aliphatic rings. The third kappa shape index (κ3) is 6.30. The third-order valence-electron chi connectivity index (χ3n) is 7.09. The van der Waals surface area contributed by atoms with Gasteiger partial charge < -0.3 is 14.6 Å².